The summed E-state index contributed by atoms with van der Waals surface area (Å²) >= 11 is 0. The molecule has 1 atom stereocenters. The summed E-state index contributed by atoms with van der Waals surface area (Å²) in [6.07, 6.45) is 5.38. The zero-order valence-corrected chi connectivity index (χ0v) is 20.2. The number of aromatic nitrogens is 3. The topological polar surface area (TPSA) is 57.3 Å². The minimum atomic E-state index is 0.293. The molecule has 6 rings (SSSR count). The number of rotatable bonds is 7. The highest BCUT2D eigenvalue weighted by Crippen LogP contribution is 2.34. The van der Waals surface area contributed by atoms with Crippen molar-refractivity contribution in [2.75, 3.05) is 26.3 Å². The first-order chi connectivity index (χ1) is 17.3. The van der Waals surface area contributed by atoms with Gasteiger partial charge in [0.25, 0.3) is 0 Å². The Hall–Kier alpha value is -3.06. The third-order valence-electron chi connectivity index (χ3n) is 7.32. The van der Waals surface area contributed by atoms with Gasteiger partial charge in [-0.05, 0) is 54.2 Å². The fourth-order valence-electron chi connectivity index (χ4n) is 5.49. The summed E-state index contributed by atoms with van der Waals surface area (Å²) in [6.45, 7) is 6.34. The summed E-state index contributed by atoms with van der Waals surface area (Å²) in [5, 5.41) is 0. The highest BCUT2D eigenvalue weighted by Gasteiger charge is 2.28. The SMILES string of the molecule is c1cnc2c(c1)CCCC2N(Cc1ccc(CN2CCOCC2)cc1)Cc1nc2ccccc2[nH]1. The third-order valence-corrected chi connectivity index (χ3v) is 7.32. The van der Waals surface area contributed by atoms with Crippen LogP contribution in [-0.2, 0) is 30.8 Å². The molecule has 0 amide bonds. The minimum Gasteiger partial charge on any atom is -0.379 e. The van der Waals surface area contributed by atoms with Crippen molar-refractivity contribution in [2.45, 2.75) is 44.9 Å². The van der Waals surface area contributed by atoms with E-state index in [1.165, 1.54) is 28.8 Å². The number of morpholine rings is 1. The number of H-pyrrole nitrogens is 1. The molecule has 1 saturated heterocycles. The number of benzene rings is 2. The largest absolute Gasteiger partial charge is 0.379 e. The quantitative estimate of drug-likeness (QED) is 0.420. The molecule has 1 aliphatic carbocycles. The van der Waals surface area contributed by atoms with E-state index in [1.54, 1.807) is 0 Å². The Kier molecular flexibility index (Phi) is 6.58. The van der Waals surface area contributed by atoms with E-state index in [0.29, 0.717) is 6.04 Å². The van der Waals surface area contributed by atoms with E-state index in [0.717, 1.165) is 75.6 Å². The van der Waals surface area contributed by atoms with Crippen molar-refractivity contribution >= 4 is 11.0 Å². The van der Waals surface area contributed by atoms with Crippen molar-refractivity contribution in [3.05, 3.63) is 95.1 Å². The van der Waals surface area contributed by atoms with Crippen molar-refractivity contribution in [3.63, 3.8) is 0 Å². The number of pyridine rings is 1. The minimum absolute atomic E-state index is 0.293. The van der Waals surface area contributed by atoms with Crippen LogP contribution in [0.3, 0.4) is 0 Å². The molecule has 0 radical (unpaired) electrons. The smallest absolute Gasteiger partial charge is 0.121 e. The third kappa shape index (κ3) is 5.15. The van der Waals surface area contributed by atoms with Crippen LogP contribution in [0.15, 0.2) is 66.9 Å². The van der Waals surface area contributed by atoms with Gasteiger partial charge in [0.15, 0.2) is 0 Å². The molecule has 0 spiro atoms. The van der Waals surface area contributed by atoms with Gasteiger partial charge in [-0.15, -0.1) is 0 Å². The second-order valence-electron chi connectivity index (χ2n) is 9.77. The van der Waals surface area contributed by atoms with Crippen LogP contribution < -0.4 is 0 Å². The van der Waals surface area contributed by atoms with E-state index in [2.05, 4.69) is 69.4 Å². The van der Waals surface area contributed by atoms with Crippen LogP contribution in [0.1, 0.15) is 47.1 Å². The maximum absolute atomic E-state index is 5.49. The monoisotopic (exact) mass is 467 g/mol. The molecule has 1 unspecified atom stereocenters. The molecule has 35 heavy (non-hydrogen) atoms. The summed E-state index contributed by atoms with van der Waals surface area (Å²) in [4.78, 5) is 18.3. The summed E-state index contributed by atoms with van der Waals surface area (Å²) in [5.74, 6) is 1.01. The van der Waals surface area contributed by atoms with Crippen molar-refractivity contribution in [2.24, 2.45) is 0 Å². The first-order valence-electron chi connectivity index (χ1n) is 12.8. The van der Waals surface area contributed by atoms with Crippen molar-refractivity contribution in [1.29, 1.82) is 0 Å². The molecule has 180 valence electrons. The maximum atomic E-state index is 5.49. The predicted octanol–water partition coefficient (Wildman–Crippen LogP) is 4.87. The Labute approximate surface area is 207 Å². The number of aryl methyl sites for hydroxylation is 1. The second-order valence-corrected chi connectivity index (χ2v) is 9.77. The van der Waals surface area contributed by atoms with Crippen LogP contribution in [0.5, 0.6) is 0 Å². The number of hydrogen-bond acceptors (Lipinski definition) is 5. The number of para-hydroxylation sites is 2. The van der Waals surface area contributed by atoms with E-state index in [9.17, 15) is 0 Å². The summed E-state index contributed by atoms with van der Waals surface area (Å²) < 4.78 is 5.49. The van der Waals surface area contributed by atoms with Gasteiger partial charge in [-0.25, -0.2) is 4.98 Å². The van der Waals surface area contributed by atoms with Gasteiger partial charge >= 0.3 is 0 Å². The molecule has 4 aromatic rings. The Bertz CT molecular complexity index is 1230. The first-order valence-corrected chi connectivity index (χ1v) is 12.8. The number of hydrogen-bond donors (Lipinski definition) is 1. The molecule has 1 fully saturated rings. The fraction of sp³-hybridized carbons (Fsp3) is 0.379. The number of nitrogens with zero attached hydrogens (tertiary/aromatic N) is 4. The average molecular weight is 468 g/mol. The zero-order chi connectivity index (χ0) is 23.5. The van der Waals surface area contributed by atoms with E-state index in [1.807, 2.05) is 12.3 Å². The first kappa shape index (κ1) is 22.4. The van der Waals surface area contributed by atoms with E-state index in [4.69, 9.17) is 14.7 Å². The van der Waals surface area contributed by atoms with E-state index < -0.39 is 0 Å². The lowest BCUT2D eigenvalue weighted by molar-refractivity contribution is 0.0342. The summed E-state index contributed by atoms with van der Waals surface area (Å²) in [6, 6.07) is 22.0. The highest BCUT2D eigenvalue weighted by atomic mass is 16.5. The molecule has 1 aliphatic heterocycles. The Morgan fingerprint density at radius 3 is 2.63 bits per heavy atom. The molecule has 2 aromatic heterocycles. The fourth-order valence-corrected chi connectivity index (χ4v) is 5.49. The summed E-state index contributed by atoms with van der Waals surface area (Å²) in [5.41, 5.74) is 7.44. The lowest BCUT2D eigenvalue weighted by Gasteiger charge is -2.34. The van der Waals surface area contributed by atoms with E-state index >= 15 is 0 Å². The van der Waals surface area contributed by atoms with Crippen LogP contribution in [0.25, 0.3) is 11.0 Å². The zero-order valence-electron chi connectivity index (χ0n) is 20.2. The van der Waals surface area contributed by atoms with Gasteiger partial charge in [0.2, 0.25) is 0 Å². The van der Waals surface area contributed by atoms with Gasteiger partial charge in [0.05, 0.1) is 42.5 Å². The van der Waals surface area contributed by atoms with Crippen molar-refractivity contribution < 1.29 is 4.74 Å². The molecular formula is C29H33N5O. The predicted molar refractivity (Wildman–Crippen MR) is 138 cm³/mol. The van der Waals surface area contributed by atoms with Gasteiger partial charge < -0.3 is 9.72 Å². The Morgan fingerprint density at radius 1 is 0.943 bits per heavy atom. The number of fused-ring (bicyclic) bond motifs is 2. The molecule has 0 bridgehead atoms. The number of ether oxygens (including phenoxy) is 1. The van der Waals surface area contributed by atoms with Gasteiger partial charge in [-0.1, -0.05) is 42.5 Å². The Balaban J connectivity index is 1.24. The van der Waals surface area contributed by atoms with Crippen LogP contribution in [0.2, 0.25) is 0 Å². The molecular weight excluding hydrogens is 434 g/mol. The standard InChI is InChI=1S/C29H33N5O/c1-2-8-26-25(7-1)31-28(32-26)21-34(27-9-3-5-24-6-4-14-30-29(24)27)20-23-12-10-22(11-13-23)19-33-15-17-35-18-16-33/h1-2,4,6-8,10-14,27H,3,5,9,15-21H2,(H,31,32). The highest BCUT2D eigenvalue weighted by molar-refractivity contribution is 5.74. The van der Waals surface area contributed by atoms with Gasteiger partial charge in [-0.2, -0.15) is 0 Å². The molecule has 6 nitrogen and oxygen atoms in total. The van der Waals surface area contributed by atoms with Crippen LogP contribution in [0, 0.1) is 0 Å². The molecule has 2 aliphatic rings. The molecule has 3 heterocycles. The van der Waals surface area contributed by atoms with E-state index in [-0.39, 0.29) is 0 Å². The normalized spacial score (nSPS) is 18.7. The van der Waals surface area contributed by atoms with Crippen LogP contribution in [-0.4, -0.2) is 51.1 Å². The summed E-state index contributed by atoms with van der Waals surface area (Å²) in [7, 11) is 0. The molecule has 0 saturated carbocycles. The number of imidazole rings is 1. The van der Waals surface area contributed by atoms with Gasteiger partial charge in [0.1, 0.15) is 5.82 Å². The lowest BCUT2D eigenvalue weighted by atomic mass is 9.90. The van der Waals surface area contributed by atoms with Gasteiger partial charge in [0, 0.05) is 32.4 Å². The number of nitrogens with one attached hydrogen (secondary N) is 1. The van der Waals surface area contributed by atoms with Crippen LogP contribution in [0.4, 0.5) is 0 Å². The molecule has 2 aromatic carbocycles. The van der Waals surface area contributed by atoms with Gasteiger partial charge in [-0.3, -0.25) is 14.8 Å². The lowest BCUT2D eigenvalue weighted by Crippen LogP contribution is -2.35. The van der Waals surface area contributed by atoms with Crippen LogP contribution >= 0.6 is 0 Å². The average Bonchev–Trinajstić information content (AvgIpc) is 3.32. The maximum Gasteiger partial charge on any atom is 0.121 e. The number of aromatic amines is 1. The Morgan fingerprint density at radius 2 is 1.77 bits per heavy atom. The van der Waals surface area contributed by atoms with Crippen molar-refractivity contribution in [1.82, 2.24) is 24.8 Å². The molecule has 6 heteroatoms. The molecule has 1 N–H and O–H groups in total. The second kappa shape index (κ2) is 10.3. The van der Waals surface area contributed by atoms with Crippen molar-refractivity contribution in [3.8, 4) is 0 Å².